The molecule has 0 fully saturated rings. The highest BCUT2D eigenvalue weighted by Crippen LogP contribution is 2.12. The molecule has 0 saturated heterocycles. The van der Waals surface area contributed by atoms with Gasteiger partial charge in [-0.25, -0.2) is 0 Å². The van der Waals surface area contributed by atoms with Crippen molar-refractivity contribution >= 4 is 0 Å². The maximum Gasteiger partial charge on any atom is -0.0276 e. The van der Waals surface area contributed by atoms with Crippen LogP contribution in [0.25, 0.3) is 0 Å². The highest BCUT2D eigenvalue weighted by Gasteiger charge is 1.95. The summed E-state index contributed by atoms with van der Waals surface area (Å²) in [4.78, 5) is 0. The molecule has 69 valence electrons. The van der Waals surface area contributed by atoms with Crippen LogP contribution in [0.2, 0.25) is 0 Å². The molecule has 0 nitrogen and oxygen atoms in total. The van der Waals surface area contributed by atoms with Crippen molar-refractivity contribution in [1.29, 1.82) is 0 Å². The van der Waals surface area contributed by atoms with Crippen molar-refractivity contribution in [1.82, 2.24) is 0 Å². The predicted molar refractivity (Wildman–Crippen MR) is 57.7 cm³/mol. The Morgan fingerprint density at radius 3 is 2.62 bits per heavy atom. The van der Waals surface area contributed by atoms with Crippen LogP contribution in [0.15, 0.2) is 24.3 Å². The molecule has 0 aliphatic heterocycles. The highest BCUT2D eigenvalue weighted by atomic mass is 14.0. The Kier molecular flexibility index (Phi) is 3.75. The molecule has 0 amide bonds. The number of aryl methyl sites for hydroxylation is 3. The van der Waals surface area contributed by atoms with Crippen molar-refractivity contribution in [3.63, 3.8) is 0 Å². The molecule has 0 unspecified atom stereocenters. The van der Waals surface area contributed by atoms with Gasteiger partial charge in [-0.15, -0.1) is 0 Å². The van der Waals surface area contributed by atoms with Gasteiger partial charge in [-0.3, -0.25) is 0 Å². The minimum Gasteiger partial charge on any atom is -0.0845 e. The zero-order chi connectivity index (χ0) is 9.68. The third-order valence-corrected chi connectivity index (χ3v) is 2.41. The second-order valence-electron chi connectivity index (χ2n) is 3.55. The van der Waals surface area contributed by atoms with Gasteiger partial charge in [0.1, 0.15) is 0 Å². The van der Waals surface area contributed by atoms with Gasteiger partial charge >= 0.3 is 0 Å². The second kappa shape index (κ2) is 4.86. The van der Waals surface area contributed by atoms with Gasteiger partial charge in [-0.2, -0.15) is 0 Å². The molecule has 1 radical (unpaired) electrons. The molecule has 0 saturated carbocycles. The first-order valence-electron chi connectivity index (χ1n) is 4.83. The molecular weight excluding hydrogens is 156 g/mol. The molecule has 13 heavy (non-hydrogen) atoms. The van der Waals surface area contributed by atoms with E-state index in [1.165, 1.54) is 16.7 Å². The maximum absolute atomic E-state index is 5.32. The lowest BCUT2D eigenvalue weighted by atomic mass is 10.0. The summed E-state index contributed by atoms with van der Waals surface area (Å²) in [5, 5.41) is 0. The average molecular weight is 173 g/mol. The Morgan fingerprint density at radius 1 is 1.23 bits per heavy atom. The fourth-order valence-electron chi connectivity index (χ4n) is 1.38. The Hall–Kier alpha value is -1.04. The van der Waals surface area contributed by atoms with Crippen LogP contribution >= 0.6 is 0 Å². The van der Waals surface area contributed by atoms with E-state index in [1.54, 1.807) is 6.08 Å². The van der Waals surface area contributed by atoms with Gasteiger partial charge in [-0.1, -0.05) is 30.9 Å². The monoisotopic (exact) mass is 173 g/mol. The predicted octanol–water partition coefficient (Wildman–Crippen LogP) is 3.62. The van der Waals surface area contributed by atoms with Crippen LogP contribution in [-0.2, 0) is 6.42 Å². The molecule has 0 aliphatic rings. The minimum atomic E-state index is 1.01. The van der Waals surface area contributed by atoms with Gasteiger partial charge in [0.05, 0.1) is 0 Å². The number of rotatable bonds is 4. The van der Waals surface area contributed by atoms with Gasteiger partial charge < -0.3 is 0 Å². The molecule has 1 aromatic carbocycles. The van der Waals surface area contributed by atoms with Crippen LogP contribution in [0.1, 0.15) is 29.5 Å². The first-order valence-corrected chi connectivity index (χ1v) is 4.83. The Bertz CT molecular complexity index is 284. The minimum absolute atomic E-state index is 1.01. The number of allylic oxidation sites excluding steroid dienone is 1. The Morgan fingerprint density at radius 2 is 2.00 bits per heavy atom. The molecular formula is C13H17. The molecule has 0 aromatic heterocycles. The van der Waals surface area contributed by atoms with Gasteiger partial charge in [0, 0.05) is 0 Å². The smallest absolute Gasteiger partial charge is 0.0276 e. The maximum atomic E-state index is 5.32. The van der Waals surface area contributed by atoms with Gasteiger partial charge in [0.25, 0.3) is 0 Å². The van der Waals surface area contributed by atoms with Crippen molar-refractivity contribution in [3.05, 3.63) is 47.5 Å². The fourth-order valence-corrected chi connectivity index (χ4v) is 1.38. The summed E-state index contributed by atoms with van der Waals surface area (Å²) in [5.41, 5.74) is 4.17. The summed E-state index contributed by atoms with van der Waals surface area (Å²) >= 11 is 0. The Labute approximate surface area is 81.3 Å². The third-order valence-electron chi connectivity index (χ3n) is 2.41. The van der Waals surface area contributed by atoms with Gasteiger partial charge in [0.2, 0.25) is 0 Å². The van der Waals surface area contributed by atoms with Crippen molar-refractivity contribution < 1.29 is 0 Å². The van der Waals surface area contributed by atoms with E-state index in [-0.39, 0.29) is 0 Å². The van der Waals surface area contributed by atoms with Gasteiger partial charge in [-0.05, 0) is 49.8 Å². The van der Waals surface area contributed by atoms with E-state index in [9.17, 15) is 0 Å². The number of hydrogen-bond acceptors (Lipinski definition) is 0. The van der Waals surface area contributed by atoms with E-state index in [0.717, 1.165) is 19.3 Å². The molecule has 0 heteroatoms. The summed E-state index contributed by atoms with van der Waals surface area (Å²) in [5.74, 6) is 0. The van der Waals surface area contributed by atoms with Crippen LogP contribution in [0.5, 0.6) is 0 Å². The second-order valence-corrected chi connectivity index (χ2v) is 3.55. The van der Waals surface area contributed by atoms with E-state index < -0.39 is 0 Å². The zero-order valence-corrected chi connectivity index (χ0v) is 8.51. The van der Waals surface area contributed by atoms with E-state index in [1.807, 2.05) is 0 Å². The first kappa shape index (κ1) is 10.0. The van der Waals surface area contributed by atoms with Crippen molar-refractivity contribution in [2.75, 3.05) is 0 Å². The summed E-state index contributed by atoms with van der Waals surface area (Å²) in [6, 6.07) is 6.67. The average Bonchev–Trinajstić information content (AvgIpc) is 2.12. The molecule has 0 aliphatic carbocycles. The first-order chi connectivity index (χ1) is 6.24. The van der Waals surface area contributed by atoms with Crippen LogP contribution in [0.4, 0.5) is 0 Å². The van der Waals surface area contributed by atoms with Crippen LogP contribution in [0.3, 0.4) is 0 Å². The normalized spacial score (nSPS) is 10.0. The summed E-state index contributed by atoms with van der Waals surface area (Å²) < 4.78 is 0. The largest absolute Gasteiger partial charge is 0.0845 e. The fraction of sp³-hybridized carbons (Fsp3) is 0.385. The molecule has 1 rings (SSSR count). The zero-order valence-electron chi connectivity index (χ0n) is 8.51. The lowest BCUT2D eigenvalue weighted by molar-refractivity contribution is 0.842. The number of hydrogen-bond donors (Lipinski definition) is 0. The molecule has 0 bridgehead atoms. The topological polar surface area (TPSA) is 0 Å². The lowest BCUT2D eigenvalue weighted by Crippen LogP contribution is -1.87. The quantitative estimate of drug-likeness (QED) is 0.610. The Balaban J connectivity index is 2.57. The highest BCUT2D eigenvalue weighted by molar-refractivity contribution is 5.29. The van der Waals surface area contributed by atoms with Crippen LogP contribution < -0.4 is 0 Å². The van der Waals surface area contributed by atoms with Gasteiger partial charge in [0.15, 0.2) is 0 Å². The third kappa shape index (κ3) is 3.06. The summed E-state index contributed by atoms with van der Waals surface area (Å²) in [6.45, 7) is 9.63. The van der Waals surface area contributed by atoms with Crippen LogP contribution in [0, 0.1) is 20.4 Å². The molecule has 0 heterocycles. The van der Waals surface area contributed by atoms with Crippen molar-refractivity contribution in [2.45, 2.75) is 33.1 Å². The van der Waals surface area contributed by atoms with Crippen molar-refractivity contribution in [2.24, 2.45) is 0 Å². The van der Waals surface area contributed by atoms with E-state index in [0.29, 0.717) is 0 Å². The molecule has 1 aromatic rings. The van der Waals surface area contributed by atoms with Crippen molar-refractivity contribution in [3.8, 4) is 0 Å². The van der Waals surface area contributed by atoms with E-state index in [2.05, 4.69) is 32.0 Å². The molecule has 0 spiro atoms. The van der Waals surface area contributed by atoms with E-state index >= 15 is 0 Å². The van der Waals surface area contributed by atoms with E-state index in [4.69, 9.17) is 6.58 Å². The number of unbranched alkanes of at least 4 members (excludes halogenated alkanes) is 1. The molecule has 0 atom stereocenters. The summed E-state index contributed by atoms with van der Waals surface area (Å²) in [6.07, 6.45) is 5.03. The summed E-state index contributed by atoms with van der Waals surface area (Å²) in [7, 11) is 0. The SMILES string of the molecule is [CH]=CCCCc1ccc(C)c(C)c1. The van der Waals surface area contributed by atoms with Crippen LogP contribution in [-0.4, -0.2) is 0 Å². The lowest BCUT2D eigenvalue weighted by Gasteiger charge is -2.03. The number of benzene rings is 1. The standard InChI is InChI=1S/C13H17/c1-4-5-6-7-13-9-8-11(2)12(3)10-13/h1,4,8-10H,5-7H2,2-3H3. The molecule has 0 N–H and O–H groups in total.